The topological polar surface area (TPSA) is 63.8 Å². The van der Waals surface area contributed by atoms with Gasteiger partial charge in [0.2, 0.25) is 0 Å². The van der Waals surface area contributed by atoms with Crippen LogP contribution in [0.5, 0.6) is 5.75 Å². The quantitative estimate of drug-likeness (QED) is 0.233. The van der Waals surface area contributed by atoms with E-state index in [1.165, 1.54) is 10.8 Å². The number of rotatable bonds is 6. The minimum atomic E-state index is -0.436. The molecule has 1 heterocycles. The van der Waals surface area contributed by atoms with E-state index in [1.54, 1.807) is 30.5 Å². The number of ether oxygens (including phenoxy) is 1. The molecule has 0 bridgehead atoms. The Labute approximate surface area is 195 Å². The Morgan fingerprint density at radius 2 is 1.76 bits per heavy atom. The highest BCUT2D eigenvalue weighted by atomic mass is 35.5. The maximum atomic E-state index is 12.3. The van der Waals surface area contributed by atoms with Crippen molar-refractivity contribution in [3.05, 3.63) is 113 Å². The highest BCUT2D eigenvalue weighted by Gasteiger charge is 2.11. The van der Waals surface area contributed by atoms with E-state index in [0.717, 1.165) is 22.3 Å². The highest BCUT2D eigenvalue weighted by Crippen LogP contribution is 2.23. The van der Waals surface area contributed by atoms with Crippen LogP contribution in [0.2, 0.25) is 5.02 Å². The van der Waals surface area contributed by atoms with E-state index in [4.69, 9.17) is 20.8 Å². The van der Waals surface area contributed by atoms with Gasteiger partial charge in [-0.3, -0.25) is 4.79 Å². The molecule has 0 aliphatic carbocycles. The zero-order valence-corrected chi connectivity index (χ0v) is 18.3. The Morgan fingerprint density at radius 1 is 0.939 bits per heavy atom. The van der Waals surface area contributed by atoms with Crippen molar-refractivity contribution in [1.82, 2.24) is 5.43 Å². The number of fused-ring (bicyclic) bond motifs is 2. The summed E-state index contributed by atoms with van der Waals surface area (Å²) in [6, 6.07) is 28.8. The highest BCUT2D eigenvalue weighted by molar-refractivity contribution is 6.31. The molecule has 1 amide bonds. The first-order chi connectivity index (χ1) is 16.2. The number of hydrogen-bond donors (Lipinski definition) is 1. The average Bonchev–Trinajstić information content (AvgIpc) is 3.27. The molecule has 4 aromatic carbocycles. The second-order valence-corrected chi connectivity index (χ2v) is 7.92. The Hall–Kier alpha value is -4.09. The van der Waals surface area contributed by atoms with Gasteiger partial charge in [-0.15, -0.1) is 0 Å². The number of nitrogens with one attached hydrogen (secondary N) is 1. The fraction of sp³-hybridized carbons (Fsp3) is 0.0370. The van der Waals surface area contributed by atoms with Gasteiger partial charge in [0.1, 0.15) is 17.9 Å². The van der Waals surface area contributed by atoms with Crippen LogP contribution in [0.25, 0.3) is 21.7 Å². The first-order valence-corrected chi connectivity index (χ1v) is 10.8. The number of halogens is 1. The van der Waals surface area contributed by atoms with E-state index in [2.05, 4.69) is 34.8 Å². The van der Waals surface area contributed by atoms with E-state index >= 15 is 0 Å². The zero-order chi connectivity index (χ0) is 22.6. The van der Waals surface area contributed by atoms with Crippen molar-refractivity contribution in [3.8, 4) is 5.75 Å². The summed E-state index contributed by atoms with van der Waals surface area (Å²) in [5.41, 5.74) is 5.02. The number of furan rings is 1. The Bertz CT molecular complexity index is 1470. The maximum absolute atomic E-state index is 12.3. The molecule has 0 aliphatic heterocycles. The van der Waals surface area contributed by atoms with Crippen LogP contribution in [-0.2, 0) is 6.61 Å². The van der Waals surface area contributed by atoms with Gasteiger partial charge in [-0.1, -0.05) is 54.1 Å². The van der Waals surface area contributed by atoms with E-state index in [9.17, 15) is 4.79 Å². The predicted octanol–water partition coefficient (Wildman–Crippen LogP) is 6.58. The Balaban J connectivity index is 1.19. The Kier molecular flexibility index (Phi) is 5.79. The molecule has 0 unspecified atom stereocenters. The molecule has 0 fully saturated rings. The van der Waals surface area contributed by atoms with Crippen molar-refractivity contribution in [3.63, 3.8) is 0 Å². The summed E-state index contributed by atoms with van der Waals surface area (Å²) >= 11 is 5.97. The van der Waals surface area contributed by atoms with Crippen LogP contribution in [0.15, 0.2) is 101 Å². The fourth-order valence-corrected chi connectivity index (χ4v) is 3.76. The predicted molar refractivity (Wildman–Crippen MR) is 131 cm³/mol. The molecule has 6 heteroatoms. The van der Waals surface area contributed by atoms with Crippen LogP contribution in [-0.4, -0.2) is 12.1 Å². The first-order valence-electron chi connectivity index (χ1n) is 10.4. The van der Waals surface area contributed by atoms with Crippen molar-refractivity contribution in [2.45, 2.75) is 6.61 Å². The number of benzene rings is 4. The van der Waals surface area contributed by atoms with Gasteiger partial charge >= 0.3 is 5.91 Å². The van der Waals surface area contributed by atoms with Gasteiger partial charge in [0.25, 0.3) is 0 Å². The van der Waals surface area contributed by atoms with Gasteiger partial charge in [-0.2, -0.15) is 5.10 Å². The molecule has 0 radical (unpaired) electrons. The van der Waals surface area contributed by atoms with Gasteiger partial charge in [-0.25, -0.2) is 5.43 Å². The summed E-state index contributed by atoms with van der Waals surface area (Å²) in [6.07, 6.45) is 1.56. The van der Waals surface area contributed by atoms with Gasteiger partial charge in [-0.05, 0) is 70.4 Å². The van der Waals surface area contributed by atoms with Gasteiger partial charge in [0.15, 0.2) is 5.76 Å². The van der Waals surface area contributed by atoms with Crippen molar-refractivity contribution < 1.29 is 13.9 Å². The van der Waals surface area contributed by atoms with Crippen molar-refractivity contribution in [2.24, 2.45) is 5.10 Å². The summed E-state index contributed by atoms with van der Waals surface area (Å²) in [6.45, 7) is 0.480. The molecule has 1 aromatic heterocycles. The third-order valence-electron chi connectivity index (χ3n) is 5.24. The smallest absolute Gasteiger partial charge is 0.307 e. The number of amides is 1. The lowest BCUT2D eigenvalue weighted by molar-refractivity contribution is 0.0929. The summed E-state index contributed by atoms with van der Waals surface area (Å²) < 4.78 is 11.5. The molecular formula is C27H19ClN2O3. The van der Waals surface area contributed by atoms with E-state index < -0.39 is 5.91 Å². The fourth-order valence-electron chi connectivity index (χ4n) is 3.58. The largest absolute Gasteiger partial charge is 0.489 e. The number of nitrogens with zero attached hydrogens (tertiary/aromatic N) is 1. The third-order valence-corrected chi connectivity index (χ3v) is 5.47. The monoisotopic (exact) mass is 454 g/mol. The molecule has 0 spiro atoms. The molecule has 5 rings (SSSR count). The number of hydrazone groups is 1. The van der Waals surface area contributed by atoms with E-state index in [-0.39, 0.29) is 5.76 Å². The second kappa shape index (κ2) is 9.18. The van der Waals surface area contributed by atoms with Crippen molar-refractivity contribution in [1.29, 1.82) is 0 Å². The zero-order valence-electron chi connectivity index (χ0n) is 17.5. The Morgan fingerprint density at radius 3 is 2.64 bits per heavy atom. The lowest BCUT2D eigenvalue weighted by atomic mass is 10.1. The van der Waals surface area contributed by atoms with Gasteiger partial charge < -0.3 is 9.15 Å². The second-order valence-electron chi connectivity index (χ2n) is 7.49. The first kappa shape index (κ1) is 20.8. The molecule has 33 heavy (non-hydrogen) atoms. The standard InChI is InChI=1S/C27H19ClN2O3/c28-22-10-13-25-21(14-22)15-26(33-25)27(31)30-29-16-18-8-11-23(12-9-18)32-17-20-6-3-5-19-4-1-2-7-24(19)20/h1-16H,17H2,(H,30,31)/b29-16+. The minimum absolute atomic E-state index is 0.168. The van der Waals surface area contributed by atoms with Crippen LogP contribution >= 0.6 is 11.6 Å². The van der Waals surface area contributed by atoms with E-state index in [0.29, 0.717) is 17.2 Å². The maximum Gasteiger partial charge on any atom is 0.307 e. The summed E-state index contributed by atoms with van der Waals surface area (Å²) in [5, 5.41) is 7.73. The van der Waals surface area contributed by atoms with Crippen molar-refractivity contribution in [2.75, 3.05) is 0 Å². The molecule has 0 atom stereocenters. The third kappa shape index (κ3) is 4.73. The normalized spacial score (nSPS) is 11.3. The van der Waals surface area contributed by atoms with Crippen LogP contribution in [0, 0.1) is 0 Å². The average molecular weight is 455 g/mol. The van der Waals surface area contributed by atoms with Gasteiger partial charge in [0, 0.05) is 10.4 Å². The van der Waals surface area contributed by atoms with Crippen molar-refractivity contribution >= 4 is 45.5 Å². The molecule has 162 valence electrons. The summed E-state index contributed by atoms with van der Waals surface area (Å²) in [5.74, 6) is 0.486. The van der Waals surface area contributed by atoms with Gasteiger partial charge in [0.05, 0.1) is 6.21 Å². The molecule has 5 aromatic rings. The number of carbonyl (C=O) groups is 1. The van der Waals surface area contributed by atoms with Crippen LogP contribution in [0.1, 0.15) is 21.7 Å². The number of carbonyl (C=O) groups excluding carboxylic acids is 1. The van der Waals surface area contributed by atoms with E-state index in [1.807, 2.05) is 42.5 Å². The number of hydrogen-bond acceptors (Lipinski definition) is 4. The molecule has 0 aliphatic rings. The molecule has 5 nitrogen and oxygen atoms in total. The lowest BCUT2D eigenvalue weighted by Crippen LogP contribution is -2.16. The van der Waals surface area contributed by atoms with Crippen LogP contribution in [0.3, 0.4) is 0 Å². The molecule has 0 saturated carbocycles. The summed E-state index contributed by atoms with van der Waals surface area (Å²) in [7, 11) is 0. The van der Waals surface area contributed by atoms with Crippen LogP contribution < -0.4 is 10.2 Å². The lowest BCUT2D eigenvalue weighted by Gasteiger charge is -2.09. The summed E-state index contributed by atoms with van der Waals surface area (Å²) in [4.78, 5) is 12.3. The van der Waals surface area contributed by atoms with Crippen LogP contribution in [0.4, 0.5) is 0 Å². The SMILES string of the molecule is O=C(N/N=C/c1ccc(OCc2cccc3ccccc23)cc1)c1cc2cc(Cl)ccc2o1. The molecular weight excluding hydrogens is 436 g/mol. The minimum Gasteiger partial charge on any atom is -0.489 e. The molecule has 0 saturated heterocycles. The molecule has 1 N–H and O–H groups in total.